The van der Waals surface area contributed by atoms with E-state index in [0.717, 1.165) is 0 Å². The topological polar surface area (TPSA) is 38.4 Å². The fraction of sp³-hybridized carbons (Fsp3) is 0.167. The number of rotatable bonds is 2. The zero-order chi connectivity index (χ0) is 6.41. The first-order chi connectivity index (χ1) is 3.81. The van der Waals surface area contributed by atoms with Crippen molar-refractivity contribution >= 4 is 6.72 Å². The lowest BCUT2D eigenvalue weighted by Gasteiger charge is -1.83. The molecule has 2 nitrogen and oxygen atoms in total. The molecule has 0 radical (unpaired) electrons. The Hall–Kier alpha value is -1.05. The molecule has 0 aliphatic heterocycles. The van der Waals surface area contributed by atoms with Gasteiger partial charge in [-0.25, -0.2) is 0 Å². The van der Waals surface area contributed by atoms with Gasteiger partial charge in [0.05, 0.1) is 0 Å². The Morgan fingerprint density at radius 1 is 1.75 bits per heavy atom. The Labute approximate surface area is 49.4 Å². The van der Waals surface area contributed by atoms with Gasteiger partial charge in [0.1, 0.15) is 0 Å². The Morgan fingerprint density at radius 3 is 2.75 bits per heavy atom. The van der Waals surface area contributed by atoms with E-state index < -0.39 is 0 Å². The van der Waals surface area contributed by atoms with Crippen molar-refractivity contribution in [3.8, 4) is 0 Å². The average Bonchev–Trinajstić information content (AvgIpc) is 1.68. The zero-order valence-electron chi connectivity index (χ0n) is 4.96. The summed E-state index contributed by atoms with van der Waals surface area (Å²) in [6.07, 6.45) is 5.10. The normalized spacial score (nSPS) is 12.4. The maximum absolute atomic E-state index is 5.34. The molecule has 8 heavy (non-hydrogen) atoms. The molecule has 0 rings (SSSR count). The lowest BCUT2D eigenvalue weighted by molar-refractivity contribution is 1.36. The van der Waals surface area contributed by atoms with Crippen LogP contribution in [0.1, 0.15) is 6.92 Å². The molecule has 0 aromatic rings. The van der Waals surface area contributed by atoms with E-state index in [1.165, 1.54) is 6.20 Å². The molecule has 0 amide bonds. The van der Waals surface area contributed by atoms with Gasteiger partial charge < -0.3 is 5.73 Å². The van der Waals surface area contributed by atoms with Crippen LogP contribution >= 0.6 is 0 Å². The highest BCUT2D eigenvalue weighted by atomic mass is 14.7. The highest BCUT2D eigenvalue weighted by molar-refractivity contribution is 5.27. The summed E-state index contributed by atoms with van der Waals surface area (Å²) in [6.45, 7) is 5.14. The van der Waals surface area contributed by atoms with E-state index in [0.29, 0.717) is 5.70 Å². The third kappa shape index (κ3) is 3.15. The summed E-state index contributed by atoms with van der Waals surface area (Å²) in [5.74, 6) is 0. The molecule has 0 fully saturated rings. The first-order valence-electron chi connectivity index (χ1n) is 2.35. The van der Waals surface area contributed by atoms with E-state index in [1.807, 2.05) is 13.0 Å². The minimum absolute atomic E-state index is 0.627. The molecule has 2 N–H and O–H groups in total. The third-order valence-corrected chi connectivity index (χ3v) is 0.599. The van der Waals surface area contributed by atoms with Crippen molar-refractivity contribution < 1.29 is 0 Å². The Balaban J connectivity index is 3.79. The molecular formula is C6H10N2. The summed E-state index contributed by atoms with van der Waals surface area (Å²) < 4.78 is 0. The van der Waals surface area contributed by atoms with Crippen LogP contribution in [0.3, 0.4) is 0 Å². The van der Waals surface area contributed by atoms with E-state index in [-0.39, 0.29) is 0 Å². The minimum atomic E-state index is 0.627. The summed E-state index contributed by atoms with van der Waals surface area (Å²) in [5, 5.41) is 0. The van der Waals surface area contributed by atoms with Gasteiger partial charge in [-0.3, -0.25) is 4.99 Å². The summed E-state index contributed by atoms with van der Waals surface area (Å²) in [6, 6.07) is 0. The lowest BCUT2D eigenvalue weighted by atomic mass is 10.4. The maximum atomic E-state index is 5.34. The number of aliphatic imine (C=N–C) groups is 1. The Morgan fingerprint density at radius 2 is 2.38 bits per heavy atom. The first kappa shape index (κ1) is 6.95. The van der Waals surface area contributed by atoms with Crippen LogP contribution in [0, 0.1) is 0 Å². The van der Waals surface area contributed by atoms with E-state index in [1.54, 1.807) is 6.08 Å². The largest absolute Gasteiger partial charge is 0.397 e. The molecule has 0 atom stereocenters. The van der Waals surface area contributed by atoms with Crippen molar-refractivity contribution in [1.82, 2.24) is 0 Å². The van der Waals surface area contributed by atoms with Crippen LogP contribution in [0.25, 0.3) is 0 Å². The van der Waals surface area contributed by atoms with Gasteiger partial charge in [-0.2, -0.15) is 0 Å². The molecule has 0 heterocycles. The van der Waals surface area contributed by atoms with Crippen molar-refractivity contribution in [2.45, 2.75) is 6.92 Å². The smallest absolute Gasteiger partial charge is 0.0496 e. The molecule has 0 spiro atoms. The molecule has 0 aliphatic carbocycles. The van der Waals surface area contributed by atoms with Crippen molar-refractivity contribution in [3.05, 3.63) is 24.0 Å². The van der Waals surface area contributed by atoms with Gasteiger partial charge in [0, 0.05) is 11.9 Å². The van der Waals surface area contributed by atoms with Crippen LogP contribution in [0.2, 0.25) is 0 Å². The van der Waals surface area contributed by atoms with Crippen LogP contribution < -0.4 is 5.73 Å². The van der Waals surface area contributed by atoms with Crippen molar-refractivity contribution in [2.75, 3.05) is 0 Å². The first-order valence-corrected chi connectivity index (χ1v) is 2.35. The van der Waals surface area contributed by atoms with Crippen LogP contribution in [0.15, 0.2) is 29.0 Å². The van der Waals surface area contributed by atoms with Gasteiger partial charge in [-0.05, 0) is 19.7 Å². The summed E-state index contributed by atoms with van der Waals surface area (Å²) in [7, 11) is 0. The van der Waals surface area contributed by atoms with Gasteiger partial charge in [0.2, 0.25) is 0 Å². The van der Waals surface area contributed by atoms with Gasteiger partial charge in [-0.1, -0.05) is 6.08 Å². The molecule has 2 heteroatoms. The number of hydrogen-bond acceptors (Lipinski definition) is 2. The Bertz CT molecular complexity index is 122. The summed E-state index contributed by atoms with van der Waals surface area (Å²) in [5.41, 5.74) is 5.96. The van der Waals surface area contributed by atoms with Crippen LogP contribution in [-0.4, -0.2) is 6.72 Å². The standard InChI is InChI=1S/C6H10N2/c1-3-4-6(7)5-8-2/h3-5H,2,7H2,1H3/b4-3-,6-5+. The molecule has 0 saturated heterocycles. The van der Waals surface area contributed by atoms with Gasteiger partial charge in [0.15, 0.2) is 0 Å². The molecule has 0 bridgehead atoms. The summed E-state index contributed by atoms with van der Waals surface area (Å²) in [4.78, 5) is 3.47. The van der Waals surface area contributed by atoms with Crippen molar-refractivity contribution in [3.63, 3.8) is 0 Å². The minimum Gasteiger partial charge on any atom is -0.397 e. The molecule has 0 aliphatic rings. The molecule has 0 aromatic carbocycles. The van der Waals surface area contributed by atoms with E-state index in [2.05, 4.69) is 11.7 Å². The molecule has 0 saturated carbocycles. The van der Waals surface area contributed by atoms with E-state index in [9.17, 15) is 0 Å². The highest BCUT2D eigenvalue weighted by Crippen LogP contribution is 1.84. The van der Waals surface area contributed by atoms with E-state index >= 15 is 0 Å². The molecule has 44 valence electrons. The predicted octanol–water partition coefficient (Wildman–Crippen LogP) is 1.06. The SMILES string of the molecule is C=N/C=C(N)\C=C/C. The second-order valence-electron chi connectivity index (χ2n) is 1.31. The van der Waals surface area contributed by atoms with Gasteiger partial charge in [0.25, 0.3) is 0 Å². The zero-order valence-corrected chi connectivity index (χ0v) is 4.96. The van der Waals surface area contributed by atoms with Crippen LogP contribution in [-0.2, 0) is 0 Å². The van der Waals surface area contributed by atoms with Crippen LogP contribution in [0.4, 0.5) is 0 Å². The highest BCUT2D eigenvalue weighted by Gasteiger charge is 1.72. The van der Waals surface area contributed by atoms with Crippen LogP contribution in [0.5, 0.6) is 0 Å². The van der Waals surface area contributed by atoms with E-state index in [4.69, 9.17) is 5.73 Å². The maximum Gasteiger partial charge on any atom is 0.0496 e. The quantitative estimate of drug-likeness (QED) is 0.419. The monoisotopic (exact) mass is 110 g/mol. The third-order valence-electron chi connectivity index (χ3n) is 0.599. The van der Waals surface area contributed by atoms with Crippen molar-refractivity contribution in [2.24, 2.45) is 10.7 Å². The average molecular weight is 110 g/mol. The fourth-order valence-corrected chi connectivity index (χ4v) is 0.341. The number of hydrogen-bond donors (Lipinski definition) is 1. The second-order valence-corrected chi connectivity index (χ2v) is 1.31. The molecule has 0 aromatic heterocycles. The molecule has 0 unspecified atom stereocenters. The number of nitrogens with two attached hydrogens (primary N) is 1. The second kappa shape index (κ2) is 4.12. The lowest BCUT2D eigenvalue weighted by Crippen LogP contribution is -1.90. The number of allylic oxidation sites excluding steroid dienone is 2. The fourth-order valence-electron chi connectivity index (χ4n) is 0.341. The molecular weight excluding hydrogens is 100 g/mol. The number of nitrogens with zero attached hydrogens (tertiary/aromatic N) is 1. The Kier molecular flexibility index (Phi) is 3.58. The summed E-state index contributed by atoms with van der Waals surface area (Å²) >= 11 is 0. The van der Waals surface area contributed by atoms with Gasteiger partial charge in [-0.15, -0.1) is 0 Å². The van der Waals surface area contributed by atoms with Gasteiger partial charge >= 0.3 is 0 Å². The predicted molar refractivity (Wildman–Crippen MR) is 36.6 cm³/mol. The van der Waals surface area contributed by atoms with Crippen molar-refractivity contribution in [1.29, 1.82) is 0 Å².